The number of carbonyl (C=O) groups is 1. The van der Waals surface area contributed by atoms with Crippen molar-refractivity contribution < 1.29 is 13.9 Å². The van der Waals surface area contributed by atoms with Crippen molar-refractivity contribution >= 4 is 5.91 Å². The van der Waals surface area contributed by atoms with Crippen molar-refractivity contribution in [3.63, 3.8) is 0 Å². The molecular formula is C17H26FNO2. The molecule has 21 heavy (non-hydrogen) atoms. The molecule has 0 fully saturated rings. The molecule has 0 aromatic heterocycles. The van der Waals surface area contributed by atoms with Crippen molar-refractivity contribution in [3.8, 4) is 5.75 Å². The molecule has 0 saturated heterocycles. The summed E-state index contributed by atoms with van der Waals surface area (Å²) in [6.45, 7) is 9.62. The fourth-order valence-corrected chi connectivity index (χ4v) is 2.38. The van der Waals surface area contributed by atoms with Gasteiger partial charge < -0.3 is 10.1 Å². The van der Waals surface area contributed by atoms with Crippen LogP contribution in [0.2, 0.25) is 0 Å². The highest BCUT2D eigenvalue weighted by molar-refractivity contribution is 5.75. The number of ether oxygens (including phenoxy) is 1. The van der Waals surface area contributed by atoms with Crippen LogP contribution in [0.4, 0.5) is 4.39 Å². The summed E-state index contributed by atoms with van der Waals surface area (Å²) in [4.78, 5) is 11.8. The van der Waals surface area contributed by atoms with Gasteiger partial charge in [-0.05, 0) is 29.9 Å². The molecule has 0 heterocycles. The Morgan fingerprint density at radius 2 is 1.90 bits per heavy atom. The van der Waals surface area contributed by atoms with Gasteiger partial charge in [0.05, 0.1) is 13.0 Å². The molecule has 1 rings (SSSR count). The van der Waals surface area contributed by atoms with E-state index >= 15 is 0 Å². The number of nitrogens with one attached hydrogen (secondary N) is 1. The SMILES string of the molecule is CC(C)C(CNC(=O)CCOc1cccc(F)c1)C(C)C. The molecule has 1 aromatic carbocycles. The zero-order chi connectivity index (χ0) is 15.8. The maximum Gasteiger partial charge on any atom is 0.223 e. The zero-order valence-corrected chi connectivity index (χ0v) is 13.4. The molecule has 3 nitrogen and oxygen atoms in total. The molecule has 0 radical (unpaired) electrons. The summed E-state index contributed by atoms with van der Waals surface area (Å²) < 4.78 is 18.3. The largest absolute Gasteiger partial charge is 0.493 e. The van der Waals surface area contributed by atoms with Crippen LogP contribution in [0.25, 0.3) is 0 Å². The first-order chi connectivity index (χ1) is 9.90. The van der Waals surface area contributed by atoms with E-state index in [4.69, 9.17) is 4.74 Å². The first-order valence-corrected chi connectivity index (χ1v) is 7.55. The minimum atomic E-state index is -0.339. The molecule has 1 aromatic rings. The maximum absolute atomic E-state index is 13.0. The summed E-state index contributed by atoms with van der Waals surface area (Å²) in [5.74, 6) is 1.62. The molecule has 0 aliphatic heterocycles. The first kappa shape index (κ1) is 17.5. The number of halogens is 1. The fourth-order valence-electron chi connectivity index (χ4n) is 2.38. The molecule has 0 aliphatic rings. The van der Waals surface area contributed by atoms with Gasteiger partial charge in [-0.25, -0.2) is 4.39 Å². The quantitative estimate of drug-likeness (QED) is 0.795. The number of hydrogen-bond donors (Lipinski definition) is 1. The van der Waals surface area contributed by atoms with E-state index in [9.17, 15) is 9.18 Å². The van der Waals surface area contributed by atoms with E-state index in [0.717, 1.165) is 0 Å². The number of amides is 1. The zero-order valence-electron chi connectivity index (χ0n) is 13.4. The number of rotatable bonds is 8. The second-order valence-electron chi connectivity index (χ2n) is 6.01. The Bertz CT molecular complexity index is 438. The number of carbonyl (C=O) groups excluding carboxylic acids is 1. The Hall–Kier alpha value is -1.58. The van der Waals surface area contributed by atoms with E-state index in [1.165, 1.54) is 12.1 Å². The third kappa shape index (κ3) is 6.61. The standard InChI is InChI=1S/C17H26FNO2/c1-12(2)16(13(3)4)11-19-17(20)8-9-21-15-7-5-6-14(18)10-15/h5-7,10,12-13,16H,8-9,11H2,1-4H3,(H,19,20). The highest BCUT2D eigenvalue weighted by Crippen LogP contribution is 2.19. The molecule has 0 unspecified atom stereocenters. The van der Waals surface area contributed by atoms with Gasteiger partial charge >= 0.3 is 0 Å². The first-order valence-electron chi connectivity index (χ1n) is 7.55. The molecule has 0 bridgehead atoms. The molecule has 1 amide bonds. The van der Waals surface area contributed by atoms with E-state index in [1.54, 1.807) is 12.1 Å². The average Bonchev–Trinajstić information content (AvgIpc) is 2.38. The van der Waals surface area contributed by atoms with Gasteiger partial charge in [0, 0.05) is 12.6 Å². The highest BCUT2D eigenvalue weighted by Gasteiger charge is 2.18. The lowest BCUT2D eigenvalue weighted by Gasteiger charge is -2.25. The molecule has 0 atom stereocenters. The average molecular weight is 295 g/mol. The minimum Gasteiger partial charge on any atom is -0.493 e. The molecule has 0 aliphatic carbocycles. The van der Waals surface area contributed by atoms with Gasteiger partial charge in [0.25, 0.3) is 0 Å². The monoisotopic (exact) mass is 295 g/mol. The van der Waals surface area contributed by atoms with Gasteiger partial charge in [0.1, 0.15) is 11.6 Å². The second kappa shape index (κ2) is 8.65. The molecule has 0 spiro atoms. The Balaban J connectivity index is 2.28. The Labute approximate surface area is 126 Å². The van der Waals surface area contributed by atoms with E-state index in [0.29, 0.717) is 30.0 Å². The summed E-state index contributed by atoms with van der Waals surface area (Å²) in [5, 5.41) is 2.95. The number of hydrogen-bond acceptors (Lipinski definition) is 2. The van der Waals surface area contributed by atoms with E-state index in [-0.39, 0.29) is 24.8 Å². The fraction of sp³-hybridized carbons (Fsp3) is 0.588. The lowest BCUT2D eigenvalue weighted by atomic mass is 9.85. The van der Waals surface area contributed by atoms with Crippen LogP contribution < -0.4 is 10.1 Å². The highest BCUT2D eigenvalue weighted by atomic mass is 19.1. The summed E-state index contributed by atoms with van der Waals surface area (Å²) in [7, 11) is 0. The van der Waals surface area contributed by atoms with Crippen molar-refractivity contribution in [1.29, 1.82) is 0 Å². The van der Waals surface area contributed by atoms with Gasteiger partial charge in [-0.2, -0.15) is 0 Å². The second-order valence-corrected chi connectivity index (χ2v) is 6.01. The minimum absolute atomic E-state index is 0.0299. The molecule has 4 heteroatoms. The van der Waals surface area contributed by atoms with E-state index < -0.39 is 0 Å². The molecule has 0 saturated carbocycles. The molecular weight excluding hydrogens is 269 g/mol. The number of benzene rings is 1. The van der Waals surface area contributed by atoms with Crippen LogP contribution in [-0.4, -0.2) is 19.1 Å². The topological polar surface area (TPSA) is 38.3 Å². The van der Waals surface area contributed by atoms with Crippen molar-refractivity contribution in [1.82, 2.24) is 5.32 Å². The van der Waals surface area contributed by atoms with Crippen LogP contribution in [-0.2, 0) is 4.79 Å². The summed E-state index contributed by atoms with van der Waals surface area (Å²) in [6, 6.07) is 5.93. The predicted molar refractivity (Wildman–Crippen MR) is 82.7 cm³/mol. The van der Waals surface area contributed by atoms with Crippen molar-refractivity contribution in [2.45, 2.75) is 34.1 Å². The lowest BCUT2D eigenvalue weighted by Crippen LogP contribution is -2.34. The van der Waals surface area contributed by atoms with Gasteiger partial charge in [0.2, 0.25) is 5.91 Å². The Morgan fingerprint density at radius 1 is 1.24 bits per heavy atom. The van der Waals surface area contributed by atoms with Crippen molar-refractivity contribution in [3.05, 3.63) is 30.1 Å². The predicted octanol–water partition coefficient (Wildman–Crippen LogP) is 3.64. The van der Waals surface area contributed by atoms with Crippen LogP contribution >= 0.6 is 0 Å². The third-order valence-electron chi connectivity index (χ3n) is 3.64. The normalized spacial score (nSPS) is 11.2. The van der Waals surface area contributed by atoms with Gasteiger partial charge in [-0.3, -0.25) is 4.79 Å². The van der Waals surface area contributed by atoms with Gasteiger partial charge in [-0.1, -0.05) is 33.8 Å². The Morgan fingerprint density at radius 3 is 2.48 bits per heavy atom. The van der Waals surface area contributed by atoms with Crippen molar-refractivity contribution in [2.24, 2.45) is 17.8 Å². The van der Waals surface area contributed by atoms with E-state index in [2.05, 4.69) is 33.0 Å². The molecule has 118 valence electrons. The van der Waals surface area contributed by atoms with Gasteiger partial charge in [0.15, 0.2) is 0 Å². The molecule has 1 N–H and O–H groups in total. The van der Waals surface area contributed by atoms with Gasteiger partial charge in [-0.15, -0.1) is 0 Å². The van der Waals surface area contributed by atoms with Crippen molar-refractivity contribution in [2.75, 3.05) is 13.2 Å². The van der Waals surface area contributed by atoms with E-state index in [1.807, 2.05) is 0 Å². The van der Waals surface area contributed by atoms with Crippen LogP contribution in [0.1, 0.15) is 34.1 Å². The van der Waals surface area contributed by atoms with Crippen LogP contribution in [0.5, 0.6) is 5.75 Å². The summed E-state index contributed by atoms with van der Waals surface area (Å²) in [5.41, 5.74) is 0. The lowest BCUT2D eigenvalue weighted by molar-refractivity contribution is -0.121. The smallest absolute Gasteiger partial charge is 0.223 e. The summed E-state index contributed by atoms with van der Waals surface area (Å²) >= 11 is 0. The third-order valence-corrected chi connectivity index (χ3v) is 3.64. The van der Waals surface area contributed by atoms with Crippen LogP contribution in [0.3, 0.4) is 0 Å². The summed E-state index contributed by atoms with van der Waals surface area (Å²) in [6.07, 6.45) is 0.277. The Kier molecular flexibility index (Phi) is 7.20. The maximum atomic E-state index is 13.0. The van der Waals surface area contributed by atoms with Crippen LogP contribution in [0, 0.1) is 23.6 Å². The van der Waals surface area contributed by atoms with Crippen LogP contribution in [0.15, 0.2) is 24.3 Å².